The SMILES string of the molecule is Cn1ncc(-c2ccccc2)c1N=[N+]=[N-]. The predicted molar refractivity (Wildman–Crippen MR) is 57.5 cm³/mol. The van der Waals surface area contributed by atoms with E-state index in [1.807, 2.05) is 30.3 Å². The average molecular weight is 199 g/mol. The van der Waals surface area contributed by atoms with Crippen molar-refractivity contribution in [1.29, 1.82) is 0 Å². The summed E-state index contributed by atoms with van der Waals surface area (Å²) in [6.07, 6.45) is 1.69. The first-order valence-electron chi connectivity index (χ1n) is 4.45. The third-order valence-electron chi connectivity index (χ3n) is 2.13. The summed E-state index contributed by atoms with van der Waals surface area (Å²) < 4.78 is 1.56. The number of hydrogen-bond donors (Lipinski definition) is 0. The number of aryl methyl sites for hydroxylation is 1. The van der Waals surface area contributed by atoms with Crippen LogP contribution < -0.4 is 0 Å². The zero-order valence-corrected chi connectivity index (χ0v) is 8.20. The van der Waals surface area contributed by atoms with Gasteiger partial charge in [-0.25, -0.2) is 0 Å². The smallest absolute Gasteiger partial charge is 0.132 e. The molecule has 0 aliphatic rings. The van der Waals surface area contributed by atoms with Gasteiger partial charge in [0.2, 0.25) is 0 Å². The van der Waals surface area contributed by atoms with Gasteiger partial charge < -0.3 is 0 Å². The van der Waals surface area contributed by atoms with Crippen LogP contribution >= 0.6 is 0 Å². The zero-order chi connectivity index (χ0) is 10.7. The van der Waals surface area contributed by atoms with E-state index in [1.165, 1.54) is 0 Å². The summed E-state index contributed by atoms with van der Waals surface area (Å²) in [7, 11) is 1.75. The van der Waals surface area contributed by atoms with E-state index < -0.39 is 0 Å². The van der Waals surface area contributed by atoms with Crippen molar-refractivity contribution in [2.75, 3.05) is 0 Å². The lowest BCUT2D eigenvalue weighted by Gasteiger charge is -1.99. The molecular formula is C10H9N5. The molecule has 0 saturated heterocycles. The molecule has 0 radical (unpaired) electrons. The summed E-state index contributed by atoms with van der Waals surface area (Å²) >= 11 is 0. The minimum atomic E-state index is 0.531. The first kappa shape index (κ1) is 9.30. The van der Waals surface area contributed by atoms with Gasteiger partial charge in [0.25, 0.3) is 0 Å². The third-order valence-corrected chi connectivity index (χ3v) is 2.13. The van der Waals surface area contributed by atoms with Crippen molar-refractivity contribution in [3.05, 3.63) is 47.0 Å². The van der Waals surface area contributed by atoms with Crippen LogP contribution in [0.15, 0.2) is 41.6 Å². The van der Waals surface area contributed by atoms with Gasteiger partial charge in [0.1, 0.15) is 5.82 Å². The average Bonchev–Trinajstić information content (AvgIpc) is 2.63. The molecule has 0 bridgehead atoms. The Morgan fingerprint density at radius 1 is 1.33 bits per heavy atom. The van der Waals surface area contributed by atoms with E-state index in [0.29, 0.717) is 5.82 Å². The maximum absolute atomic E-state index is 8.45. The van der Waals surface area contributed by atoms with E-state index in [1.54, 1.807) is 17.9 Å². The van der Waals surface area contributed by atoms with Crippen LogP contribution in [0.5, 0.6) is 0 Å². The molecule has 15 heavy (non-hydrogen) atoms. The van der Waals surface area contributed by atoms with E-state index in [4.69, 9.17) is 5.53 Å². The lowest BCUT2D eigenvalue weighted by molar-refractivity contribution is 0.769. The van der Waals surface area contributed by atoms with Crippen molar-refractivity contribution >= 4 is 5.82 Å². The fourth-order valence-electron chi connectivity index (χ4n) is 1.41. The molecule has 1 aromatic heterocycles. The van der Waals surface area contributed by atoms with E-state index in [2.05, 4.69) is 15.1 Å². The number of hydrogen-bond acceptors (Lipinski definition) is 2. The summed E-state index contributed by atoms with van der Waals surface area (Å²) in [6.45, 7) is 0. The Kier molecular flexibility index (Phi) is 2.39. The van der Waals surface area contributed by atoms with Crippen LogP contribution in [0.4, 0.5) is 5.82 Å². The fraction of sp³-hybridized carbons (Fsp3) is 0.100. The molecule has 0 fully saturated rings. The molecule has 2 rings (SSSR count). The summed E-state index contributed by atoms with van der Waals surface area (Å²) in [5, 5.41) is 7.69. The molecule has 0 aliphatic heterocycles. The van der Waals surface area contributed by atoms with Crippen LogP contribution in [-0.4, -0.2) is 9.78 Å². The Bertz CT molecular complexity index is 508. The van der Waals surface area contributed by atoms with Gasteiger partial charge in [-0.3, -0.25) is 4.68 Å². The molecule has 0 unspecified atom stereocenters. The monoisotopic (exact) mass is 199 g/mol. The second kappa shape index (κ2) is 3.86. The van der Waals surface area contributed by atoms with Crippen LogP contribution in [-0.2, 0) is 7.05 Å². The predicted octanol–water partition coefficient (Wildman–Crippen LogP) is 3.03. The van der Waals surface area contributed by atoms with Crippen molar-refractivity contribution < 1.29 is 0 Å². The number of aromatic nitrogens is 2. The minimum Gasteiger partial charge on any atom is -0.266 e. The van der Waals surface area contributed by atoms with Gasteiger partial charge in [0.15, 0.2) is 0 Å². The van der Waals surface area contributed by atoms with Crippen molar-refractivity contribution in [3.63, 3.8) is 0 Å². The molecule has 74 valence electrons. The van der Waals surface area contributed by atoms with E-state index in [0.717, 1.165) is 11.1 Å². The Hall–Kier alpha value is -2.26. The van der Waals surface area contributed by atoms with Gasteiger partial charge in [-0.1, -0.05) is 30.3 Å². The topological polar surface area (TPSA) is 66.6 Å². The molecule has 5 heteroatoms. The second-order valence-corrected chi connectivity index (χ2v) is 3.06. The maximum atomic E-state index is 8.45. The molecule has 0 atom stereocenters. The van der Waals surface area contributed by atoms with Crippen molar-refractivity contribution in [1.82, 2.24) is 9.78 Å². The van der Waals surface area contributed by atoms with Gasteiger partial charge in [-0.15, -0.1) is 0 Å². The Labute approximate surface area is 86.6 Å². The van der Waals surface area contributed by atoms with Crippen molar-refractivity contribution in [2.45, 2.75) is 0 Å². The highest BCUT2D eigenvalue weighted by molar-refractivity contribution is 5.72. The maximum Gasteiger partial charge on any atom is 0.132 e. The fourth-order valence-corrected chi connectivity index (χ4v) is 1.41. The van der Waals surface area contributed by atoms with E-state index >= 15 is 0 Å². The number of rotatable bonds is 2. The molecule has 0 N–H and O–H groups in total. The summed E-state index contributed by atoms with van der Waals surface area (Å²) in [5.41, 5.74) is 10.3. The van der Waals surface area contributed by atoms with E-state index in [9.17, 15) is 0 Å². The summed E-state index contributed by atoms with van der Waals surface area (Å²) in [4.78, 5) is 2.79. The molecule has 1 heterocycles. The summed E-state index contributed by atoms with van der Waals surface area (Å²) in [5.74, 6) is 0.531. The molecule has 0 saturated carbocycles. The molecule has 0 spiro atoms. The van der Waals surface area contributed by atoms with Crippen LogP contribution in [0.2, 0.25) is 0 Å². The highest BCUT2D eigenvalue weighted by Gasteiger charge is 2.07. The van der Waals surface area contributed by atoms with Crippen LogP contribution in [0.1, 0.15) is 0 Å². The Morgan fingerprint density at radius 2 is 2.07 bits per heavy atom. The van der Waals surface area contributed by atoms with E-state index in [-0.39, 0.29) is 0 Å². The molecule has 0 aliphatic carbocycles. The summed E-state index contributed by atoms with van der Waals surface area (Å²) in [6, 6.07) is 9.71. The molecule has 5 nitrogen and oxygen atoms in total. The Balaban J connectivity index is 2.59. The largest absolute Gasteiger partial charge is 0.266 e. The molecule has 2 aromatic rings. The number of nitrogens with zero attached hydrogens (tertiary/aromatic N) is 5. The number of azide groups is 1. The first-order chi connectivity index (χ1) is 7.33. The molecular weight excluding hydrogens is 190 g/mol. The Morgan fingerprint density at radius 3 is 2.73 bits per heavy atom. The normalized spacial score (nSPS) is 9.67. The quantitative estimate of drug-likeness (QED) is 0.416. The lowest BCUT2D eigenvalue weighted by atomic mass is 10.1. The lowest BCUT2D eigenvalue weighted by Crippen LogP contribution is -1.87. The number of benzene rings is 1. The highest BCUT2D eigenvalue weighted by atomic mass is 15.3. The second-order valence-electron chi connectivity index (χ2n) is 3.06. The standard InChI is InChI=1S/C10H9N5/c1-15-10(13-14-11)9(7-12-15)8-5-3-2-4-6-8/h2-7H,1H3. The third kappa shape index (κ3) is 1.68. The van der Waals surface area contributed by atoms with Gasteiger partial charge in [0.05, 0.1) is 6.20 Å². The van der Waals surface area contributed by atoms with Gasteiger partial charge in [-0.2, -0.15) is 5.10 Å². The van der Waals surface area contributed by atoms with Crippen molar-refractivity contribution in [2.24, 2.45) is 12.2 Å². The molecule has 1 aromatic carbocycles. The van der Waals surface area contributed by atoms with Crippen LogP contribution in [0, 0.1) is 0 Å². The van der Waals surface area contributed by atoms with Gasteiger partial charge >= 0.3 is 0 Å². The van der Waals surface area contributed by atoms with Gasteiger partial charge in [0, 0.05) is 17.5 Å². The highest BCUT2D eigenvalue weighted by Crippen LogP contribution is 2.29. The van der Waals surface area contributed by atoms with Crippen LogP contribution in [0.25, 0.3) is 21.6 Å². The van der Waals surface area contributed by atoms with Crippen LogP contribution in [0.3, 0.4) is 0 Å². The van der Waals surface area contributed by atoms with Gasteiger partial charge in [-0.05, 0) is 16.2 Å². The first-order valence-corrected chi connectivity index (χ1v) is 4.45. The molecule has 0 amide bonds. The zero-order valence-electron chi connectivity index (χ0n) is 8.20. The van der Waals surface area contributed by atoms with Crippen molar-refractivity contribution in [3.8, 4) is 11.1 Å². The minimum absolute atomic E-state index is 0.531.